The van der Waals surface area contributed by atoms with Crippen molar-refractivity contribution in [2.45, 2.75) is 31.5 Å². The van der Waals surface area contributed by atoms with Gasteiger partial charge in [-0.25, -0.2) is 0 Å². The van der Waals surface area contributed by atoms with Gasteiger partial charge in [0.25, 0.3) is 0 Å². The average molecular weight is 374 g/mol. The zero-order valence-electron chi connectivity index (χ0n) is 14.6. The molecule has 10 heteroatoms. The number of hydrogen-bond acceptors (Lipinski definition) is 7. The van der Waals surface area contributed by atoms with Gasteiger partial charge in [0, 0.05) is 7.05 Å². The van der Waals surface area contributed by atoms with Gasteiger partial charge in [-0.3, -0.25) is 14.8 Å². The molecule has 1 aromatic carbocycles. The maximum Gasteiger partial charge on any atom is 0.307 e. The topological polar surface area (TPSA) is 101 Å². The van der Waals surface area contributed by atoms with Gasteiger partial charge in [-0.05, 0) is 25.5 Å². The number of ether oxygens (including phenoxy) is 1. The summed E-state index contributed by atoms with van der Waals surface area (Å²) in [5, 5.41) is 23.6. The molecule has 0 fully saturated rings. The first-order valence-corrected chi connectivity index (χ1v) is 8.80. The van der Waals surface area contributed by atoms with E-state index >= 15 is 0 Å². The van der Waals surface area contributed by atoms with Crippen LogP contribution in [0.4, 0.5) is 5.69 Å². The minimum Gasteiger partial charge on any atom is -0.485 e. The van der Waals surface area contributed by atoms with Crippen molar-refractivity contribution in [2.24, 2.45) is 7.05 Å². The summed E-state index contributed by atoms with van der Waals surface area (Å²) >= 11 is 1.38. The lowest BCUT2D eigenvalue weighted by Gasteiger charge is -2.09. The van der Waals surface area contributed by atoms with E-state index in [1.807, 2.05) is 37.6 Å². The Bertz CT molecular complexity index is 936. The molecule has 0 aliphatic heterocycles. The van der Waals surface area contributed by atoms with Crippen LogP contribution in [0, 0.1) is 24.0 Å². The van der Waals surface area contributed by atoms with E-state index in [1.165, 1.54) is 34.4 Å². The van der Waals surface area contributed by atoms with Crippen LogP contribution in [0.3, 0.4) is 0 Å². The van der Waals surface area contributed by atoms with Gasteiger partial charge in [-0.1, -0.05) is 29.5 Å². The summed E-state index contributed by atoms with van der Waals surface area (Å²) < 4.78 is 9.17. The van der Waals surface area contributed by atoms with Crippen LogP contribution in [-0.4, -0.2) is 29.5 Å². The second-order valence-corrected chi connectivity index (χ2v) is 6.70. The second-order valence-electron chi connectivity index (χ2n) is 5.78. The summed E-state index contributed by atoms with van der Waals surface area (Å²) in [4.78, 5) is 10.2. The Kier molecular flexibility index (Phi) is 5.21. The summed E-state index contributed by atoms with van der Waals surface area (Å²) in [5.41, 5.74) is 2.22. The molecule has 136 valence electrons. The van der Waals surface area contributed by atoms with Gasteiger partial charge in [0.05, 0.1) is 10.8 Å². The molecule has 0 radical (unpaired) electrons. The molecular formula is C16H18N6O3S. The monoisotopic (exact) mass is 374 g/mol. The normalized spacial score (nSPS) is 10.9. The van der Waals surface area contributed by atoms with E-state index in [9.17, 15) is 10.1 Å². The highest BCUT2D eigenvalue weighted by molar-refractivity contribution is 7.98. The van der Waals surface area contributed by atoms with E-state index in [1.54, 1.807) is 0 Å². The Labute approximate surface area is 154 Å². The molecule has 0 saturated heterocycles. The number of hydrogen-bond donors (Lipinski definition) is 0. The first kappa shape index (κ1) is 17.9. The molecule has 0 saturated carbocycles. The number of aromatic nitrogens is 5. The van der Waals surface area contributed by atoms with Crippen LogP contribution in [0.2, 0.25) is 0 Å². The number of nitro groups is 1. The van der Waals surface area contributed by atoms with Gasteiger partial charge in [0.15, 0.2) is 11.0 Å². The molecule has 0 aliphatic rings. The highest BCUT2D eigenvalue weighted by atomic mass is 32.2. The highest BCUT2D eigenvalue weighted by Gasteiger charge is 2.13. The lowest BCUT2D eigenvalue weighted by molar-refractivity contribution is -0.385. The minimum absolute atomic E-state index is 0.0360. The van der Waals surface area contributed by atoms with Gasteiger partial charge < -0.3 is 9.30 Å². The zero-order valence-corrected chi connectivity index (χ0v) is 15.4. The van der Waals surface area contributed by atoms with E-state index in [2.05, 4.69) is 21.4 Å². The predicted octanol–water partition coefficient (Wildman–Crippen LogP) is 2.87. The van der Waals surface area contributed by atoms with E-state index in [-0.39, 0.29) is 5.69 Å². The molecule has 9 nitrogen and oxygen atoms in total. The standard InChI is InChI=1S/C16H18N6O3S/c1-11-4-5-14(12(2)6-11)25-9-15-18-19-16(20(15)3)26-10-21-8-13(7-17-21)22(23)24/h4-8H,9-10H2,1-3H3. The fourth-order valence-corrected chi connectivity index (χ4v) is 3.13. The second kappa shape index (κ2) is 7.56. The fourth-order valence-electron chi connectivity index (χ4n) is 2.34. The van der Waals surface area contributed by atoms with Gasteiger partial charge in [0.1, 0.15) is 24.8 Å². The van der Waals surface area contributed by atoms with E-state index in [4.69, 9.17) is 4.74 Å². The van der Waals surface area contributed by atoms with Gasteiger partial charge in [0.2, 0.25) is 0 Å². The Morgan fingerprint density at radius 2 is 2.12 bits per heavy atom. The van der Waals surface area contributed by atoms with Crippen molar-refractivity contribution >= 4 is 17.4 Å². The summed E-state index contributed by atoms with van der Waals surface area (Å²) in [6.45, 7) is 4.35. The third-order valence-corrected chi connectivity index (χ3v) is 4.78. The molecule has 0 aliphatic carbocycles. The Balaban J connectivity index is 1.61. The Morgan fingerprint density at radius 1 is 1.31 bits per heavy atom. The number of aryl methyl sites for hydroxylation is 2. The van der Waals surface area contributed by atoms with Crippen LogP contribution in [0.25, 0.3) is 0 Å². The quantitative estimate of drug-likeness (QED) is 0.356. The third-order valence-electron chi connectivity index (χ3n) is 3.77. The molecule has 0 N–H and O–H groups in total. The average Bonchev–Trinajstić information content (AvgIpc) is 3.20. The van der Waals surface area contributed by atoms with Crippen molar-refractivity contribution in [3.63, 3.8) is 0 Å². The molecule has 0 atom stereocenters. The molecular weight excluding hydrogens is 356 g/mol. The van der Waals surface area contributed by atoms with Crippen LogP contribution in [0.1, 0.15) is 17.0 Å². The van der Waals surface area contributed by atoms with Crippen molar-refractivity contribution in [3.8, 4) is 5.75 Å². The molecule has 0 bridgehead atoms. The smallest absolute Gasteiger partial charge is 0.307 e. The first-order valence-electron chi connectivity index (χ1n) is 7.82. The summed E-state index contributed by atoms with van der Waals surface area (Å²) in [7, 11) is 1.86. The third kappa shape index (κ3) is 4.02. The van der Waals surface area contributed by atoms with Gasteiger partial charge >= 0.3 is 5.69 Å². The Morgan fingerprint density at radius 3 is 2.81 bits per heavy atom. The molecule has 3 aromatic rings. The minimum atomic E-state index is -0.473. The zero-order chi connectivity index (χ0) is 18.7. The number of rotatable bonds is 7. The summed E-state index contributed by atoms with van der Waals surface area (Å²) in [5.74, 6) is 1.91. The van der Waals surface area contributed by atoms with Crippen LogP contribution >= 0.6 is 11.8 Å². The van der Waals surface area contributed by atoms with Crippen LogP contribution in [-0.2, 0) is 19.5 Å². The first-order chi connectivity index (χ1) is 12.4. The van der Waals surface area contributed by atoms with E-state index in [0.717, 1.165) is 11.3 Å². The number of benzene rings is 1. The number of thioether (sulfide) groups is 1. The molecule has 0 unspecified atom stereocenters. The fraction of sp³-hybridized carbons (Fsp3) is 0.312. The van der Waals surface area contributed by atoms with Crippen LogP contribution in [0.15, 0.2) is 35.7 Å². The largest absolute Gasteiger partial charge is 0.485 e. The molecule has 26 heavy (non-hydrogen) atoms. The van der Waals surface area contributed by atoms with E-state index < -0.39 is 4.92 Å². The maximum atomic E-state index is 10.7. The molecule has 2 aromatic heterocycles. The molecule has 0 spiro atoms. The van der Waals surface area contributed by atoms with Crippen molar-refractivity contribution in [1.29, 1.82) is 0 Å². The van der Waals surface area contributed by atoms with Crippen molar-refractivity contribution in [3.05, 3.63) is 57.7 Å². The summed E-state index contributed by atoms with van der Waals surface area (Å²) in [6, 6.07) is 6.02. The Hall–Kier alpha value is -2.88. The van der Waals surface area contributed by atoms with Gasteiger partial charge in [-0.15, -0.1) is 10.2 Å². The number of nitrogens with zero attached hydrogens (tertiary/aromatic N) is 6. The van der Waals surface area contributed by atoms with Gasteiger partial charge in [-0.2, -0.15) is 5.10 Å². The lowest BCUT2D eigenvalue weighted by Crippen LogP contribution is -2.05. The van der Waals surface area contributed by atoms with Crippen molar-refractivity contribution < 1.29 is 9.66 Å². The SMILES string of the molecule is Cc1ccc(OCc2nnc(SCn3cc([N+](=O)[O-])cn3)n2C)c(C)c1. The molecule has 0 amide bonds. The molecule has 2 heterocycles. The maximum absolute atomic E-state index is 10.7. The van der Waals surface area contributed by atoms with Crippen molar-refractivity contribution in [1.82, 2.24) is 24.5 Å². The van der Waals surface area contributed by atoms with Crippen molar-refractivity contribution in [2.75, 3.05) is 0 Å². The lowest BCUT2D eigenvalue weighted by atomic mass is 10.1. The molecule has 3 rings (SSSR count). The van der Waals surface area contributed by atoms with Crippen LogP contribution < -0.4 is 4.74 Å². The van der Waals surface area contributed by atoms with E-state index in [0.29, 0.717) is 23.5 Å². The summed E-state index contributed by atoms with van der Waals surface area (Å²) in [6.07, 6.45) is 2.61. The highest BCUT2D eigenvalue weighted by Crippen LogP contribution is 2.22. The predicted molar refractivity (Wildman–Crippen MR) is 96.0 cm³/mol. The van der Waals surface area contributed by atoms with Crippen LogP contribution in [0.5, 0.6) is 5.75 Å².